The monoisotopic (exact) mass is 314 g/mol. The van der Waals surface area contributed by atoms with Crippen LogP contribution in [0.1, 0.15) is 22.7 Å². The molecule has 1 aliphatic heterocycles. The molecule has 0 radical (unpaired) electrons. The van der Waals surface area contributed by atoms with Gasteiger partial charge in [0.2, 0.25) is 0 Å². The van der Waals surface area contributed by atoms with Crippen molar-refractivity contribution in [3.8, 4) is 5.75 Å². The fourth-order valence-corrected chi connectivity index (χ4v) is 2.96. The number of benzene rings is 2. The lowest BCUT2D eigenvalue weighted by Gasteiger charge is -2.28. The minimum Gasteiger partial charge on any atom is -0.492 e. The summed E-state index contributed by atoms with van der Waals surface area (Å²) in [5, 5.41) is 3.42. The van der Waals surface area contributed by atoms with Crippen LogP contribution in [0.2, 0.25) is 0 Å². The highest BCUT2D eigenvalue weighted by molar-refractivity contribution is 5.43. The summed E-state index contributed by atoms with van der Waals surface area (Å²) < 4.78 is 19.9. The van der Waals surface area contributed by atoms with Gasteiger partial charge in [-0.05, 0) is 49.8 Å². The summed E-state index contributed by atoms with van der Waals surface area (Å²) in [6.45, 7) is 2.39. The predicted molar refractivity (Wildman–Crippen MR) is 90.4 cm³/mol. The smallest absolute Gasteiger partial charge is 0.128 e. The van der Waals surface area contributed by atoms with Crippen LogP contribution in [0.5, 0.6) is 5.75 Å². The van der Waals surface area contributed by atoms with Crippen LogP contribution >= 0.6 is 0 Å². The first-order valence-corrected chi connectivity index (χ1v) is 8.03. The molecule has 0 aromatic heterocycles. The molecule has 0 fully saturated rings. The highest BCUT2D eigenvalue weighted by atomic mass is 19.1. The van der Waals surface area contributed by atoms with E-state index < -0.39 is 0 Å². The Morgan fingerprint density at radius 1 is 1.17 bits per heavy atom. The summed E-state index contributed by atoms with van der Waals surface area (Å²) in [4.78, 5) is 2.09. The summed E-state index contributed by atoms with van der Waals surface area (Å²) in [7, 11) is 4.06. The molecule has 0 saturated carbocycles. The van der Waals surface area contributed by atoms with Crippen molar-refractivity contribution in [2.75, 3.05) is 33.8 Å². The van der Waals surface area contributed by atoms with Gasteiger partial charge in [0.05, 0.1) is 6.04 Å². The third-order valence-corrected chi connectivity index (χ3v) is 4.19. The van der Waals surface area contributed by atoms with E-state index >= 15 is 0 Å². The third kappa shape index (κ3) is 3.71. The van der Waals surface area contributed by atoms with E-state index in [-0.39, 0.29) is 11.9 Å². The second-order valence-electron chi connectivity index (χ2n) is 6.17. The molecule has 0 saturated heterocycles. The first-order valence-electron chi connectivity index (χ1n) is 8.03. The van der Waals surface area contributed by atoms with Crippen LogP contribution in [0.25, 0.3) is 0 Å². The number of nitrogens with zero attached hydrogens (tertiary/aromatic N) is 1. The van der Waals surface area contributed by atoms with Crippen LogP contribution in [0.15, 0.2) is 42.5 Å². The first-order chi connectivity index (χ1) is 11.1. The van der Waals surface area contributed by atoms with E-state index in [1.54, 1.807) is 6.07 Å². The molecule has 0 aliphatic carbocycles. The SMILES string of the molecule is CN(C)CCOc1ccc2c(c1)CCNC2c1ccccc1F. The molecule has 2 aromatic carbocycles. The van der Waals surface area contributed by atoms with Crippen molar-refractivity contribution in [3.63, 3.8) is 0 Å². The van der Waals surface area contributed by atoms with Crippen LogP contribution < -0.4 is 10.1 Å². The molecule has 1 atom stereocenters. The molecule has 0 amide bonds. The van der Waals surface area contributed by atoms with Crippen LogP contribution in [-0.4, -0.2) is 38.7 Å². The quantitative estimate of drug-likeness (QED) is 0.918. The summed E-state index contributed by atoms with van der Waals surface area (Å²) in [6.07, 6.45) is 0.936. The lowest BCUT2D eigenvalue weighted by atomic mass is 9.89. The van der Waals surface area contributed by atoms with E-state index in [0.29, 0.717) is 12.2 Å². The number of halogens is 1. The maximum absolute atomic E-state index is 14.1. The van der Waals surface area contributed by atoms with Gasteiger partial charge in [0.15, 0.2) is 0 Å². The van der Waals surface area contributed by atoms with E-state index in [1.165, 1.54) is 11.6 Å². The predicted octanol–water partition coefficient (Wildman–Crippen LogP) is 3.00. The van der Waals surface area contributed by atoms with E-state index in [2.05, 4.69) is 22.3 Å². The summed E-state index contributed by atoms with van der Waals surface area (Å²) in [6, 6.07) is 13.0. The van der Waals surface area contributed by atoms with Crippen molar-refractivity contribution in [2.24, 2.45) is 0 Å². The molecule has 1 aliphatic rings. The zero-order valence-corrected chi connectivity index (χ0v) is 13.7. The van der Waals surface area contributed by atoms with Gasteiger partial charge in [0.1, 0.15) is 18.2 Å². The first kappa shape index (κ1) is 16.0. The van der Waals surface area contributed by atoms with Crippen molar-refractivity contribution in [3.05, 3.63) is 65.0 Å². The van der Waals surface area contributed by atoms with Crippen molar-refractivity contribution in [2.45, 2.75) is 12.5 Å². The Morgan fingerprint density at radius 3 is 2.78 bits per heavy atom. The van der Waals surface area contributed by atoms with Gasteiger partial charge in [0.25, 0.3) is 0 Å². The summed E-state index contributed by atoms with van der Waals surface area (Å²) in [5.41, 5.74) is 3.08. The Hall–Kier alpha value is -1.91. The molecule has 3 nitrogen and oxygen atoms in total. The normalized spacial score (nSPS) is 17.1. The Balaban J connectivity index is 1.81. The third-order valence-electron chi connectivity index (χ3n) is 4.19. The number of nitrogens with one attached hydrogen (secondary N) is 1. The molecule has 3 rings (SSSR count). The van der Waals surface area contributed by atoms with Crippen LogP contribution in [0.3, 0.4) is 0 Å². The fraction of sp³-hybridized carbons (Fsp3) is 0.368. The molecule has 1 N–H and O–H groups in total. The average Bonchev–Trinajstić information content (AvgIpc) is 2.54. The largest absolute Gasteiger partial charge is 0.492 e. The zero-order chi connectivity index (χ0) is 16.2. The Labute approximate surface area is 137 Å². The van der Waals surface area contributed by atoms with E-state index in [9.17, 15) is 4.39 Å². The Kier molecular flexibility index (Phi) is 4.94. The minimum absolute atomic E-state index is 0.0872. The van der Waals surface area contributed by atoms with Gasteiger partial charge >= 0.3 is 0 Å². The number of hydrogen-bond donors (Lipinski definition) is 1. The highest BCUT2D eigenvalue weighted by Crippen LogP contribution is 2.32. The molecule has 1 heterocycles. The molecule has 23 heavy (non-hydrogen) atoms. The molecule has 122 valence electrons. The van der Waals surface area contributed by atoms with Gasteiger partial charge in [-0.15, -0.1) is 0 Å². The Morgan fingerprint density at radius 2 is 2.00 bits per heavy atom. The average molecular weight is 314 g/mol. The van der Waals surface area contributed by atoms with E-state index in [1.807, 2.05) is 32.3 Å². The van der Waals surface area contributed by atoms with Gasteiger partial charge in [-0.1, -0.05) is 24.3 Å². The molecule has 0 bridgehead atoms. The number of likely N-dealkylation sites (N-methyl/N-ethyl adjacent to an activating group) is 1. The van der Waals surface area contributed by atoms with E-state index in [0.717, 1.165) is 30.8 Å². The second-order valence-corrected chi connectivity index (χ2v) is 6.17. The van der Waals surface area contributed by atoms with Crippen LogP contribution in [0.4, 0.5) is 4.39 Å². The van der Waals surface area contributed by atoms with Crippen LogP contribution in [0, 0.1) is 5.82 Å². The van der Waals surface area contributed by atoms with Gasteiger partial charge in [-0.2, -0.15) is 0 Å². The number of rotatable bonds is 5. The Bertz CT molecular complexity index is 672. The number of hydrogen-bond acceptors (Lipinski definition) is 3. The summed E-state index contributed by atoms with van der Waals surface area (Å²) in [5.74, 6) is 0.726. The molecule has 4 heteroatoms. The van der Waals surface area contributed by atoms with Gasteiger partial charge in [0, 0.05) is 18.7 Å². The lowest BCUT2D eigenvalue weighted by molar-refractivity contribution is 0.261. The van der Waals surface area contributed by atoms with E-state index in [4.69, 9.17) is 4.74 Å². The van der Waals surface area contributed by atoms with Gasteiger partial charge in [-0.25, -0.2) is 4.39 Å². The van der Waals surface area contributed by atoms with Crippen molar-refractivity contribution < 1.29 is 9.13 Å². The molecule has 1 unspecified atom stereocenters. The molecule has 2 aromatic rings. The second kappa shape index (κ2) is 7.11. The minimum atomic E-state index is -0.163. The topological polar surface area (TPSA) is 24.5 Å². The van der Waals surface area contributed by atoms with Gasteiger partial charge in [-0.3, -0.25) is 0 Å². The zero-order valence-electron chi connectivity index (χ0n) is 13.7. The van der Waals surface area contributed by atoms with Crippen molar-refractivity contribution >= 4 is 0 Å². The van der Waals surface area contributed by atoms with Crippen molar-refractivity contribution in [1.29, 1.82) is 0 Å². The lowest BCUT2D eigenvalue weighted by Crippen LogP contribution is -2.31. The number of fused-ring (bicyclic) bond motifs is 1. The van der Waals surface area contributed by atoms with Crippen LogP contribution in [-0.2, 0) is 6.42 Å². The van der Waals surface area contributed by atoms with Gasteiger partial charge < -0.3 is 15.0 Å². The highest BCUT2D eigenvalue weighted by Gasteiger charge is 2.23. The molecular weight excluding hydrogens is 291 g/mol. The maximum atomic E-state index is 14.1. The maximum Gasteiger partial charge on any atom is 0.128 e. The number of ether oxygens (including phenoxy) is 1. The molecular formula is C19H23FN2O. The fourth-order valence-electron chi connectivity index (χ4n) is 2.96. The summed E-state index contributed by atoms with van der Waals surface area (Å²) >= 11 is 0. The standard InChI is InChI=1S/C19H23FN2O/c1-22(2)11-12-23-15-7-8-16-14(13-15)9-10-21-19(16)17-5-3-4-6-18(17)20/h3-8,13,19,21H,9-12H2,1-2H3. The molecule has 0 spiro atoms. The van der Waals surface area contributed by atoms with Crippen molar-refractivity contribution in [1.82, 2.24) is 10.2 Å².